The molecule has 0 saturated carbocycles. The summed E-state index contributed by atoms with van der Waals surface area (Å²) in [5.74, 6) is 0.433. The molecule has 0 aromatic carbocycles. The van der Waals surface area contributed by atoms with E-state index < -0.39 is 18.4 Å². The van der Waals surface area contributed by atoms with Crippen LogP contribution in [-0.4, -0.2) is 51.6 Å². The minimum Gasteiger partial charge on any atom is -0.470 e. The van der Waals surface area contributed by atoms with Gasteiger partial charge in [0.05, 0.1) is 12.4 Å². The molecule has 0 bridgehead atoms. The lowest BCUT2D eigenvalue weighted by molar-refractivity contribution is -0.0528. The number of hydrogen-bond acceptors (Lipinski definition) is 7. The van der Waals surface area contributed by atoms with E-state index in [-0.39, 0.29) is 29.9 Å². The lowest BCUT2D eigenvalue weighted by Gasteiger charge is -2.34. The lowest BCUT2D eigenvalue weighted by atomic mass is 9.95. The number of halogens is 3. The Kier molecular flexibility index (Phi) is 4.93. The summed E-state index contributed by atoms with van der Waals surface area (Å²) in [4.78, 5) is 8.14. The van der Waals surface area contributed by atoms with Gasteiger partial charge in [-0.2, -0.15) is 18.9 Å². The van der Waals surface area contributed by atoms with Gasteiger partial charge in [-0.05, 0) is 13.5 Å². The maximum Gasteiger partial charge on any atom is 0.388 e. The molecule has 2 aromatic heterocycles. The van der Waals surface area contributed by atoms with Gasteiger partial charge in [-0.1, -0.05) is 0 Å². The zero-order chi connectivity index (χ0) is 17.9. The quantitative estimate of drug-likeness (QED) is 0.727. The Labute approximate surface area is 141 Å². The van der Waals surface area contributed by atoms with Gasteiger partial charge in [-0.25, -0.2) is 9.49 Å². The Morgan fingerprint density at radius 2 is 2.20 bits per heavy atom. The van der Waals surface area contributed by atoms with E-state index >= 15 is 0 Å². The molecule has 0 spiro atoms. The predicted molar refractivity (Wildman–Crippen MR) is 82.0 cm³/mol. The number of aromatic amines is 1. The highest BCUT2D eigenvalue weighted by Gasteiger charge is 2.38. The van der Waals surface area contributed by atoms with Crippen molar-refractivity contribution >= 4 is 11.6 Å². The van der Waals surface area contributed by atoms with Crippen LogP contribution in [0.2, 0.25) is 0 Å². The third-order valence-corrected chi connectivity index (χ3v) is 3.63. The van der Waals surface area contributed by atoms with E-state index in [1.54, 1.807) is 0 Å². The number of anilines is 2. The summed E-state index contributed by atoms with van der Waals surface area (Å²) in [5, 5.41) is 11.8. The fraction of sp³-hybridized carbons (Fsp3) is 0.500. The minimum absolute atomic E-state index is 0.153. The summed E-state index contributed by atoms with van der Waals surface area (Å²) in [6, 6.07) is 1.24. The van der Waals surface area contributed by atoms with E-state index in [0.717, 1.165) is 0 Å². The van der Waals surface area contributed by atoms with E-state index in [1.807, 2.05) is 0 Å². The third-order valence-electron chi connectivity index (χ3n) is 3.63. The maximum absolute atomic E-state index is 14.4. The Hall–Kier alpha value is -2.56. The Balaban J connectivity index is 1.66. The SMILES string of the molecule is C[C@@]1(F)CNCC[C@@H]1Oc1cncc(Nc2cc(OC(F)F)[nH]n2)n1. The molecule has 0 aliphatic carbocycles. The highest BCUT2D eigenvalue weighted by Crippen LogP contribution is 2.26. The number of nitrogens with one attached hydrogen (secondary N) is 3. The Bertz CT molecular complexity index is 711. The van der Waals surface area contributed by atoms with Crippen molar-refractivity contribution in [2.75, 3.05) is 18.4 Å². The van der Waals surface area contributed by atoms with Crippen LogP contribution in [0.15, 0.2) is 18.5 Å². The zero-order valence-electron chi connectivity index (χ0n) is 13.3. The number of ether oxygens (including phenoxy) is 2. The molecule has 1 aliphatic heterocycles. The van der Waals surface area contributed by atoms with Crippen LogP contribution in [0.1, 0.15) is 13.3 Å². The molecule has 8 nitrogen and oxygen atoms in total. The van der Waals surface area contributed by atoms with Crippen LogP contribution >= 0.6 is 0 Å². The molecule has 3 rings (SSSR count). The average molecular weight is 358 g/mol. The van der Waals surface area contributed by atoms with Crippen molar-refractivity contribution in [3.05, 3.63) is 18.5 Å². The van der Waals surface area contributed by atoms with E-state index in [0.29, 0.717) is 13.0 Å². The van der Waals surface area contributed by atoms with Gasteiger partial charge in [0.25, 0.3) is 0 Å². The molecule has 136 valence electrons. The first-order valence-electron chi connectivity index (χ1n) is 7.58. The van der Waals surface area contributed by atoms with Crippen LogP contribution in [0.5, 0.6) is 11.8 Å². The second-order valence-corrected chi connectivity index (χ2v) is 5.71. The van der Waals surface area contributed by atoms with Gasteiger partial charge in [-0.3, -0.25) is 4.98 Å². The van der Waals surface area contributed by atoms with Crippen molar-refractivity contribution in [1.29, 1.82) is 0 Å². The van der Waals surface area contributed by atoms with Gasteiger partial charge in [0.1, 0.15) is 6.10 Å². The van der Waals surface area contributed by atoms with Crippen LogP contribution < -0.4 is 20.1 Å². The molecule has 0 radical (unpaired) electrons. The van der Waals surface area contributed by atoms with Gasteiger partial charge in [-0.15, -0.1) is 0 Å². The molecule has 3 N–H and O–H groups in total. The molecular weight excluding hydrogens is 341 g/mol. The first-order chi connectivity index (χ1) is 11.9. The summed E-state index contributed by atoms with van der Waals surface area (Å²) < 4.78 is 48.5. The second kappa shape index (κ2) is 7.13. The average Bonchev–Trinajstić information content (AvgIpc) is 2.96. The molecule has 25 heavy (non-hydrogen) atoms. The predicted octanol–water partition coefficient (Wildman–Crippen LogP) is 2.01. The molecule has 1 aliphatic rings. The van der Waals surface area contributed by atoms with Crippen molar-refractivity contribution in [3.63, 3.8) is 0 Å². The van der Waals surface area contributed by atoms with Crippen LogP contribution in [0.4, 0.5) is 24.8 Å². The number of hydrogen-bond donors (Lipinski definition) is 3. The number of rotatable bonds is 6. The van der Waals surface area contributed by atoms with E-state index in [4.69, 9.17) is 4.74 Å². The van der Waals surface area contributed by atoms with Gasteiger partial charge in [0.2, 0.25) is 11.8 Å². The number of aromatic nitrogens is 4. The van der Waals surface area contributed by atoms with Crippen molar-refractivity contribution in [1.82, 2.24) is 25.5 Å². The maximum atomic E-state index is 14.4. The van der Waals surface area contributed by atoms with Crippen LogP contribution in [-0.2, 0) is 0 Å². The first-order valence-corrected chi connectivity index (χ1v) is 7.58. The van der Waals surface area contributed by atoms with Gasteiger partial charge >= 0.3 is 6.61 Å². The van der Waals surface area contributed by atoms with Crippen LogP contribution in [0.25, 0.3) is 0 Å². The molecule has 3 heterocycles. The zero-order valence-corrected chi connectivity index (χ0v) is 13.3. The van der Waals surface area contributed by atoms with Crippen molar-refractivity contribution in [2.24, 2.45) is 0 Å². The topological polar surface area (TPSA) is 97.0 Å². The van der Waals surface area contributed by atoms with E-state index in [2.05, 4.69) is 35.5 Å². The number of piperidine rings is 1. The van der Waals surface area contributed by atoms with Gasteiger partial charge in [0.15, 0.2) is 17.3 Å². The summed E-state index contributed by atoms with van der Waals surface area (Å²) in [7, 11) is 0. The van der Waals surface area contributed by atoms with Gasteiger partial charge < -0.3 is 20.1 Å². The second-order valence-electron chi connectivity index (χ2n) is 5.71. The normalized spacial score (nSPS) is 23.5. The Morgan fingerprint density at radius 1 is 1.36 bits per heavy atom. The van der Waals surface area contributed by atoms with Gasteiger partial charge in [0, 0.05) is 19.0 Å². The summed E-state index contributed by atoms with van der Waals surface area (Å²) in [5.41, 5.74) is -1.52. The highest BCUT2D eigenvalue weighted by molar-refractivity contribution is 5.52. The summed E-state index contributed by atoms with van der Waals surface area (Å²) in [6.07, 6.45) is 2.63. The lowest BCUT2D eigenvalue weighted by Crippen LogP contribution is -2.53. The minimum atomic E-state index is -2.95. The fourth-order valence-electron chi connectivity index (χ4n) is 2.43. The highest BCUT2D eigenvalue weighted by atomic mass is 19.3. The fourth-order valence-corrected chi connectivity index (χ4v) is 2.43. The molecule has 0 amide bonds. The standard InChI is InChI=1S/C14H17F3N6O2/c1-14(17)7-18-3-2-8(14)24-12-6-19-5-10(21-12)20-9-4-11(23-22-9)25-13(15)16/h4-6,8,13,18H,2-3,7H2,1H3,(H2,20,21,22,23)/t8-,14+/m0/s1. The third kappa shape index (κ3) is 4.50. The van der Waals surface area contributed by atoms with Crippen molar-refractivity contribution < 1.29 is 22.6 Å². The number of H-pyrrole nitrogens is 1. The van der Waals surface area contributed by atoms with Crippen molar-refractivity contribution in [2.45, 2.75) is 31.7 Å². The molecule has 2 atom stereocenters. The largest absolute Gasteiger partial charge is 0.470 e. The monoisotopic (exact) mass is 358 g/mol. The number of nitrogens with zero attached hydrogens (tertiary/aromatic N) is 3. The molecule has 1 fully saturated rings. The Morgan fingerprint density at radius 3 is 2.96 bits per heavy atom. The molecule has 1 saturated heterocycles. The van der Waals surface area contributed by atoms with Crippen LogP contribution in [0.3, 0.4) is 0 Å². The molecule has 2 aromatic rings. The van der Waals surface area contributed by atoms with E-state index in [1.165, 1.54) is 25.4 Å². The molecular formula is C14H17F3N6O2. The smallest absolute Gasteiger partial charge is 0.388 e. The molecule has 0 unspecified atom stereocenters. The van der Waals surface area contributed by atoms with Crippen LogP contribution in [0, 0.1) is 0 Å². The summed E-state index contributed by atoms with van der Waals surface area (Å²) >= 11 is 0. The number of alkyl halides is 3. The van der Waals surface area contributed by atoms with Crippen molar-refractivity contribution in [3.8, 4) is 11.8 Å². The molecule has 11 heteroatoms. The summed E-state index contributed by atoms with van der Waals surface area (Å²) in [6.45, 7) is -0.642. The van der Waals surface area contributed by atoms with E-state index in [9.17, 15) is 13.2 Å². The first kappa shape index (κ1) is 17.3.